The van der Waals surface area contributed by atoms with Crippen LogP contribution in [0.5, 0.6) is 0 Å². The molecule has 2 aromatic rings. The number of sulfonamides is 1. The Morgan fingerprint density at radius 2 is 1.90 bits per heavy atom. The SMILES string of the molecule is Cc1c(S(N)(=O)=O)cc(-c2cccc(C(=O)NCC(C)C)c2)n1CC1CCCCC1. The van der Waals surface area contributed by atoms with E-state index in [0.717, 1.165) is 30.6 Å². The van der Waals surface area contributed by atoms with E-state index in [2.05, 4.69) is 9.88 Å². The fourth-order valence-corrected chi connectivity index (χ4v) is 5.03. The highest BCUT2D eigenvalue weighted by Crippen LogP contribution is 2.32. The van der Waals surface area contributed by atoms with Crippen LogP contribution in [-0.2, 0) is 16.6 Å². The lowest BCUT2D eigenvalue weighted by Gasteiger charge is -2.24. The van der Waals surface area contributed by atoms with Crippen molar-refractivity contribution in [3.63, 3.8) is 0 Å². The third kappa shape index (κ3) is 5.32. The van der Waals surface area contributed by atoms with Gasteiger partial charge in [0.05, 0.1) is 0 Å². The first-order valence-electron chi connectivity index (χ1n) is 10.8. The van der Waals surface area contributed by atoms with Gasteiger partial charge in [-0.1, -0.05) is 45.2 Å². The van der Waals surface area contributed by atoms with Gasteiger partial charge in [-0.3, -0.25) is 4.79 Å². The number of rotatable bonds is 7. The van der Waals surface area contributed by atoms with Crippen molar-refractivity contribution in [3.8, 4) is 11.3 Å². The summed E-state index contributed by atoms with van der Waals surface area (Å²) in [6, 6.07) is 9.01. The molecule has 1 aliphatic carbocycles. The molecular weight excluding hydrogens is 398 g/mol. The van der Waals surface area contributed by atoms with Gasteiger partial charge < -0.3 is 9.88 Å². The Morgan fingerprint density at radius 3 is 2.53 bits per heavy atom. The van der Waals surface area contributed by atoms with Crippen LogP contribution in [0, 0.1) is 18.8 Å². The zero-order valence-electron chi connectivity index (χ0n) is 18.1. The number of carbonyl (C=O) groups is 1. The first-order valence-corrected chi connectivity index (χ1v) is 12.3. The number of primary sulfonamides is 1. The molecule has 0 unspecified atom stereocenters. The van der Waals surface area contributed by atoms with Gasteiger partial charge in [0, 0.05) is 30.0 Å². The molecule has 1 aromatic carbocycles. The maximum atomic E-state index is 12.5. The van der Waals surface area contributed by atoms with Gasteiger partial charge in [0.1, 0.15) is 4.90 Å². The molecule has 164 valence electrons. The van der Waals surface area contributed by atoms with Crippen molar-refractivity contribution in [2.75, 3.05) is 6.54 Å². The van der Waals surface area contributed by atoms with Crippen molar-refractivity contribution in [1.82, 2.24) is 9.88 Å². The maximum Gasteiger partial charge on any atom is 0.251 e. The van der Waals surface area contributed by atoms with Gasteiger partial charge in [-0.05, 0) is 55.4 Å². The third-order valence-electron chi connectivity index (χ3n) is 5.88. The monoisotopic (exact) mass is 431 g/mol. The van der Waals surface area contributed by atoms with Crippen LogP contribution in [0.25, 0.3) is 11.3 Å². The molecule has 0 aliphatic heterocycles. The number of benzene rings is 1. The average Bonchev–Trinajstić information content (AvgIpc) is 3.03. The van der Waals surface area contributed by atoms with E-state index < -0.39 is 10.0 Å². The molecule has 1 amide bonds. The van der Waals surface area contributed by atoms with Gasteiger partial charge in [0.15, 0.2) is 0 Å². The molecule has 0 atom stereocenters. The molecule has 3 rings (SSSR count). The Bertz CT molecular complexity index is 1000. The number of amides is 1. The quantitative estimate of drug-likeness (QED) is 0.692. The van der Waals surface area contributed by atoms with Crippen molar-refractivity contribution < 1.29 is 13.2 Å². The van der Waals surface area contributed by atoms with E-state index in [-0.39, 0.29) is 10.8 Å². The minimum absolute atomic E-state index is 0.126. The first kappa shape index (κ1) is 22.6. The highest BCUT2D eigenvalue weighted by molar-refractivity contribution is 7.89. The zero-order chi connectivity index (χ0) is 21.9. The summed E-state index contributed by atoms with van der Waals surface area (Å²) in [6.45, 7) is 7.28. The summed E-state index contributed by atoms with van der Waals surface area (Å²) >= 11 is 0. The minimum Gasteiger partial charge on any atom is -0.352 e. The Kier molecular flexibility index (Phi) is 7.03. The van der Waals surface area contributed by atoms with Crippen LogP contribution >= 0.6 is 0 Å². The number of nitrogens with two attached hydrogens (primary N) is 1. The van der Waals surface area contributed by atoms with Gasteiger partial charge in [-0.25, -0.2) is 13.6 Å². The molecule has 3 N–H and O–H groups in total. The number of hydrogen-bond acceptors (Lipinski definition) is 3. The van der Waals surface area contributed by atoms with Crippen molar-refractivity contribution in [2.45, 2.75) is 64.3 Å². The second-order valence-corrected chi connectivity index (χ2v) is 10.4. The summed E-state index contributed by atoms with van der Waals surface area (Å²) < 4.78 is 26.4. The number of aromatic nitrogens is 1. The molecule has 0 saturated heterocycles. The number of nitrogens with zero attached hydrogens (tertiary/aromatic N) is 1. The zero-order valence-corrected chi connectivity index (χ0v) is 19.0. The van der Waals surface area contributed by atoms with Crippen LogP contribution in [0.1, 0.15) is 62.0 Å². The first-order chi connectivity index (χ1) is 14.2. The largest absolute Gasteiger partial charge is 0.352 e. The fourth-order valence-electron chi connectivity index (χ4n) is 4.23. The maximum absolute atomic E-state index is 12.5. The molecule has 6 nitrogen and oxygen atoms in total. The van der Waals surface area contributed by atoms with Crippen LogP contribution in [0.4, 0.5) is 0 Å². The lowest BCUT2D eigenvalue weighted by Crippen LogP contribution is -2.27. The van der Waals surface area contributed by atoms with E-state index in [0.29, 0.717) is 29.6 Å². The molecule has 1 heterocycles. The Labute approximate surface area is 179 Å². The second kappa shape index (κ2) is 9.35. The number of hydrogen-bond donors (Lipinski definition) is 2. The van der Waals surface area contributed by atoms with Crippen LogP contribution in [0.2, 0.25) is 0 Å². The topological polar surface area (TPSA) is 94.2 Å². The molecule has 1 fully saturated rings. The lowest BCUT2D eigenvalue weighted by molar-refractivity contribution is 0.0949. The van der Waals surface area contributed by atoms with E-state index in [1.165, 1.54) is 19.3 Å². The summed E-state index contributed by atoms with van der Waals surface area (Å²) in [4.78, 5) is 12.7. The van der Waals surface area contributed by atoms with E-state index >= 15 is 0 Å². The normalized spacial score (nSPS) is 15.5. The Hall–Kier alpha value is -2.12. The second-order valence-electron chi connectivity index (χ2n) is 8.82. The van der Waals surface area contributed by atoms with Gasteiger partial charge in [-0.2, -0.15) is 0 Å². The smallest absolute Gasteiger partial charge is 0.251 e. The average molecular weight is 432 g/mol. The van der Waals surface area contributed by atoms with E-state index in [9.17, 15) is 13.2 Å². The molecule has 0 radical (unpaired) electrons. The molecule has 0 spiro atoms. The summed E-state index contributed by atoms with van der Waals surface area (Å²) in [5.74, 6) is 0.763. The van der Waals surface area contributed by atoms with E-state index in [1.807, 2.05) is 39.0 Å². The summed E-state index contributed by atoms with van der Waals surface area (Å²) in [5.41, 5.74) is 2.84. The van der Waals surface area contributed by atoms with Crippen LogP contribution in [0.3, 0.4) is 0 Å². The summed E-state index contributed by atoms with van der Waals surface area (Å²) in [7, 11) is -3.83. The Balaban J connectivity index is 1.99. The highest BCUT2D eigenvalue weighted by atomic mass is 32.2. The molecular formula is C23H33N3O3S. The van der Waals surface area contributed by atoms with Gasteiger partial charge in [-0.15, -0.1) is 0 Å². The standard InChI is InChI=1S/C23H33N3O3S/c1-16(2)14-25-23(27)20-11-7-10-19(12-20)21-13-22(30(24,28)29)17(3)26(21)15-18-8-5-4-6-9-18/h7,10-13,16,18H,4-6,8-9,14-15H2,1-3H3,(H,25,27)(H2,24,28,29). The Morgan fingerprint density at radius 1 is 1.20 bits per heavy atom. The van der Waals surface area contributed by atoms with Gasteiger partial charge in [0.2, 0.25) is 10.0 Å². The van der Waals surface area contributed by atoms with Crippen molar-refractivity contribution in [2.24, 2.45) is 17.0 Å². The minimum atomic E-state index is -3.83. The van der Waals surface area contributed by atoms with Crippen LogP contribution in [0.15, 0.2) is 35.2 Å². The van der Waals surface area contributed by atoms with Crippen molar-refractivity contribution in [1.29, 1.82) is 0 Å². The van der Waals surface area contributed by atoms with Crippen molar-refractivity contribution >= 4 is 15.9 Å². The van der Waals surface area contributed by atoms with E-state index in [1.54, 1.807) is 12.1 Å². The molecule has 30 heavy (non-hydrogen) atoms. The molecule has 1 aliphatic rings. The summed E-state index contributed by atoms with van der Waals surface area (Å²) in [5, 5.41) is 8.43. The van der Waals surface area contributed by atoms with Gasteiger partial charge >= 0.3 is 0 Å². The molecule has 1 aromatic heterocycles. The molecule has 0 bridgehead atoms. The predicted molar refractivity (Wildman–Crippen MR) is 120 cm³/mol. The molecule has 1 saturated carbocycles. The highest BCUT2D eigenvalue weighted by Gasteiger charge is 2.23. The fraction of sp³-hybridized carbons (Fsp3) is 0.522. The lowest BCUT2D eigenvalue weighted by atomic mass is 9.89. The van der Waals surface area contributed by atoms with Gasteiger partial charge in [0.25, 0.3) is 5.91 Å². The molecule has 7 heteroatoms. The van der Waals surface area contributed by atoms with Crippen molar-refractivity contribution in [3.05, 3.63) is 41.6 Å². The van der Waals surface area contributed by atoms with Crippen LogP contribution in [-0.4, -0.2) is 25.4 Å². The summed E-state index contributed by atoms with van der Waals surface area (Å²) in [6.07, 6.45) is 6.00. The van der Waals surface area contributed by atoms with Crippen LogP contribution < -0.4 is 10.5 Å². The van der Waals surface area contributed by atoms with E-state index in [4.69, 9.17) is 5.14 Å². The third-order valence-corrected chi connectivity index (χ3v) is 6.91. The number of carbonyl (C=O) groups excluding carboxylic acids is 1. The number of nitrogens with one attached hydrogen (secondary N) is 1. The predicted octanol–water partition coefficient (Wildman–Crippen LogP) is 4.08.